The van der Waals surface area contributed by atoms with Gasteiger partial charge in [0.2, 0.25) is 7.55 Å². The van der Waals surface area contributed by atoms with E-state index in [9.17, 15) is 0 Å². The number of quaternary nitrogens is 1. The van der Waals surface area contributed by atoms with E-state index in [0.717, 1.165) is 0 Å². The number of hydrogen-bond acceptors (Lipinski definition) is 1. The average Bonchev–Trinajstić information content (AvgIpc) is 2.06. The molecule has 0 amide bonds. The maximum Gasteiger partial charge on any atom is 0.214 e. The lowest BCUT2D eigenvalue weighted by Crippen LogP contribution is -2.57. The summed E-state index contributed by atoms with van der Waals surface area (Å²) in [4.78, 5) is 0. The molecule has 0 aliphatic rings. The maximum atomic E-state index is 3.71. The summed E-state index contributed by atoms with van der Waals surface area (Å²) in [5.74, 6) is 0. The molecule has 2 nitrogen and oxygen atoms in total. The smallest absolute Gasteiger partial charge is 0.214 e. The minimum absolute atomic E-state index is 0.120. The molecule has 80 valence electrons. The Bertz CT molecular complexity index is 90.7. The Morgan fingerprint density at radius 2 is 1.38 bits per heavy atom. The molecule has 0 aliphatic carbocycles. The topological polar surface area (TPSA) is 12.0 Å². The van der Waals surface area contributed by atoms with Gasteiger partial charge in [-0.15, -0.1) is 0 Å². The van der Waals surface area contributed by atoms with Crippen LogP contribution in [0.25, 0.3) is 0 Å². The number of nitrogens with zero attached hydrogens (tertiary/aromatic N) is 1. The molecule has 0 aliphatic heterocycles. The molecule has 0 spiro atoms. The molecule has 0 rings (SSSR count). The average molecular weight is 185 g/mol. The van der Waals surface area contributed by atoms with Crippen LogP contribution in [0.3, 0.4) is 0 Å². The molecule has 0 atom stereocenters. The third-order valence-electron chi connectivity index (χ3n) is 2.76. The highest BCUT2D eigenvalue weighted by atomic mass is 15.3. The van der Waals surface area contributed by atoms with E-state index in [1.54, 1.807) is 0 Å². The first-order chi connectivity index (χ1) is 6.24. The van der Waals surface area contributed by atoms with E-state index in [2.05, 4.69) is 25.9 Å². The fourth-order valence-electron chi connectivity index (χ4n) is 2.29. The first-order valence-corrected chi connectivity index (χ1v) is 5.52. The van der Waals surface area contributed by atoms with Gasteiger partial charge in [-0.3, -0.25) is 0 Å². The molecule has 4 heteroatoms. The molecule has 0 aromatic heterocycles. The fourth-order valence-corrected chi connectivity index (χ4v) is 2.29. The van der Waals surface area contributed by atoms with Crippen molar-refractivity contribution in [1.82, 2.24) is 5.14 Å². The van der Waals surface area contributed by atoms with Gasteiger partial charge in [-0.2, -0.15) is 0 Å². The van der Waals surface area contributed by atoms with Crippen molar-refractivity contribution in [2.75, 3.05) is 19.6 Å². The number of rotatable bonds is 8. The Morgan fingerprint density at radius 3 is 1.62 bits per heavy atom. The zero-order valence-corrected chi connectivity index (χ0v) is 9.19. The molecule has 0 unspecified atom stereocenters. The van der Waals surface area contributed by atoms with Crippen LogP contribution in [-0.2, 0) is 0 Å². The van der Waals surface area contributed by atoms with Crippen molar-refractivity contribution in [3.63, 3.8) is 0 Å². The second-order valence-corrected chi connectivity index (χ2v) is 4.01. The summed E-state index contributed by atoms with van der Waals surface area (Å²) in [7, 11) is 0.550. The Morgan fingerprint density at radius 1 is 1.00 bits per heavy atom. The lowest BCUT2D eigenvalue weighted by Gasteiger charge is -2.48. The summed E-state index contributed by atoms with van der Waals surface area (Å²) in [6.45, 7) is 11.2. The molecule has 0 bridgehead atoms. The predicted molar refractivity (Wildman–Crippen MR) is 67.4 cm³/mol. The van der Waals surface area contributed by atoms with E-state index >= 15 is 0 Å². The van der Waals surface area contributed by atoms with Crippen molar-refractivity contribution in [2.24, 2.45) is 0 Å². The monoisotopic (exact) mass is 185 g/mol. The second-order valence-electron chi connectivity index (χ2n) is 4.01. The summed E-state index contributed by atoms with van der Waals surface area (Å²) in [6, 6.07) is 0. The van der Waals surface area contributed by atoms with Gasteiger partial charge in [-0.25, -0.2) is 0 Å². The van der Waals surface area contributed by atoms with Crippen molar-refractivity contribution < 1.29 is 4.39 Å². The first kappa shape index (κ1) is 13.0. The summed E-state index contributed by atoms with van der Waals surface area (Å²) < 4.78 is 1.45. The maximum absolute atomic E-state index is 3.71. The molecule has 0 fully saturated rings. The molecular formula is C9H27B2N2-. The second kappa shape index (κ2) is 7.45. The minimum Gasteiger partial charge on any atom is -0.627 e. The number of hydrogen-bond donors (Lipinski definition) is 1. The zero-order valence-electron chi connectivity index (χ0n) is 9.19. The van der Waals surface area contributed by atoms with Crippen molar-refractivity contribution in [1.29, 1.82) is 0 Å². The molecule has 0 aromatic rings. The highest BCUT2D eigenvalue weighted by molar-refractivity contribution is 6.35. The van der Waals surface area contributed by atoms with Gasteiger partial charge < -0.3 is 9.53 Å². The van der Waals surface area contributed by atoms with Crippen LogP contribution in [0.4, 0.5) is 0 Å². The first-order valence-electron chi connectivity index (χ1n) is 5.52. The van der Waals surface area contributed by atoms with Crippen LogP contribution in [0.15, 0.2) is 0 Å². The van der Waals surface area contributed by atoms with E-state index in [1.807, 2.05) is 0 Å². The number of nitrogens with one attached hydrogen (secondary N) is 1. The van der Waals surface area contributed by atoms with Crippen LogP contribution in [0.1, 0.15) is 40.0 Å². The summed E-state index contributed by atoms with van der Waals surface area (Å²) in [5, 5.41) is 3.71. The lowest BCUT2D eigenvalue weighted by molar-refractivity contribution is -0.823. The van der Waals surface area contributed by atoms with Crippen LogP contribution in [0.5, 0.6) is 0 Å². The van der Waals surface area contributed by atoms with Crippen molar-refractivity contribution >= 4 is 15.5 Å². The van der Waals surface area contributed by atoms with Crippen LogP contribution < -0.4 is 5.14 Å². The minimum atomic E-state index is 0.120. The fraction of sp³-hybridized carbons (Fsp3) is 1.00. The lowest BCUT2D eigenvalue weighted by atomic mass is 9.95. The van der Waals surface area contributed by atoms with Gasteiger partial charge in [-0.05, 0) is 27.2 Å². The van der Waals surface area contributed by atoms with Crippen LogP contribution in [0, 0.1) is 0 Å². The Hall–Kier alpha value is 0.0499. The van der Waals surface area contributed by atoms with Gasteiger partial charge in [0, 0.05) is 19.6 Å². The quantitative estimate of drug-likeness (QED) is 0.520. The van der Waals surface area contributed by atoms with E-state index in [0.29, 0.717) is 7.98 Å². The molecule has 0 radical (unpaired) electrons. The van der Waals surface area contributed by atoms with Crippen molar-refractivity contribution in [3.05, 3.63) is 0 Å². The van der Waals surface area contributed by atoms with Crippen molar-refractivity contribution in [2.45, 2.75) is 40.0 Å². The zero-order chi connectivity index (χ0) is 10.2. The van der Waals surface area contributed by atoms with E-state index in [1.165, 1.54) is 43.3 Å². The molecular weight excluding hydrogens is 158 g/mol. The van der Waals surface area contributed by atoms with E-state index in [-0.39, 0.29) is 7.55 Å². The molecule has 0 aromatic carbocycles. The van der Waals surface area contributed by atoms with Gasteiger partial charge >= 0.3 is 0 Å². The Kier molecular flexibility index (Phi) is 7.48. The molecule has 1 N–H and O–H groups in total. The standard InChI is InChI=1S/C9H27B2N2/c1-4-7-13(8-5-2,9-6-3)11-12-10/h12H,4-9,11H2,1-3,10H3/q-1. The molecule has 13 heavy (non-hydrogen) atoms. The van der Waals surface area contributed by atoms with Crippen molar-refractivity contribution in [3.8, 4) is 0 Å². The third kappa shape index (κ3) is 4.72. The van der Waals surface area contributed by atoms with E-state index < -0.39 is 0 Å². The van der Waals surface area contributed by atoms with Gasteiger partial charge in [0.15, 0.2) is 0 Å². The molecule has 0 saturated heterocycles. The highest BCUT2D eigenvalue weighted by Crippen LogP contribution is 2.08. The summed E-state index contributed by atoms with van der Waals surface area (Å²) >= 11 is 0. The van der Waals surface area contributed by atoms with E-state index in [4.69, 9.17) is 0 Å². The van der Waals surface area contributed by atoms with Gasteiger partial charge in [0.05, 0.1) is 0 Å². The van der Waals surface area contributed by atoms with Crippen LogP contribution in [-0.4, -0.2) is 39.6 Å². The van der Waals surface area contributed by atoms with Gasteiger partial charge in [0.25, 0.3) is 0 Å². The molecule has 0 saturated carbocycles. The largest absolute Gasteiger partial charge is 0.627 e. The van der Waals surface area contributed by atoms with Gasteiger partial charge in [-0.1, -0.05) is 20.8 Å². The Balaban J connectivity index is 4.19. The normalized spacial score (nSPS) is 12.0. The predicted octanol–water partition coefficient (Wildman–Crippen LogP) is -0.0980. The SMILES string of the molecule is [BH3-]N[BH2-][N+](CCC)(CCC)CCC. The summed E-state index contributed by atoms with van der Waals surface area (Å²) in [5.41, 5.74) is 0. The summed E-state index contributed by atoms with van der Waals surface area (Å²) in [6.07, 6.45) is 4.06. The van der Waals surface area contributed by atoms with Gasteiger partial charge in [0.1, 0.15) is 0 Å². The van der Waals surface area contributed by atoms with Crippen LogP contribution >= 0.6 is 0 Å². The molecule has 0 heterocycles. The van der Waals surface area contributed by atoms with Crippen LogP contribution in [0.2, 0.25) is 0 Å². The Labute approximate surface area is 85.4 Å². The third-order valence-corrected chi connectivity index (χ3v) is 2.76. The highest BCUT2D eigenvalue weighted by Gasteiger charge is 2.15.